The van der Waals surface area contributed by atoms with Gasteiger partial charge in [0.25, 0.3) is 5.56 Å². The topological polar surface area (TPSA) is 171 Å². The van der Waals surface area contributed by atoms with Crippen molar-refractivity contribution in [1.29, 1.82) is 0 Å². The normalized spacial score (nSPS) is 10.6. The first-order valence-corrected chi connectivity index (χ1v) is 10.4. The van der Waals surface area contributed by atoms with Crippen LogP contribution in [0.3, 0.4) is 0 Å². The standard InChI is InChI=1S/C18H24N6O5S.ClH/c1-13-4-2-6-15(10-13)30(27,28)22-11-14-5-3-8-24(17(14)26)12-16(25)21-7-9-29-23-18(19)20;/h2-6,8,10,22H,7,9,11-12H2,1H3,(H,21,25)(H4,19,20,23);1H. The van der Waals surface area contributed by atoms with Crippen LogP contribution in [0.1, 0.15) is 11.1 Å². The van der Waals surface area contributed by atoms with Gasteiger partial charge in [0.05, 0.1) is 11.4 Å². The molecule has 0 aliphatic rings. The number of carbonyl (C=O) groups excluding carboxylic acids is 1. The van der Waals surface area contributed by atoms with Crippen molar-refractivity contribution in [3.05, 3.63) is 64.1 Å². The lowest BCUT2D eigenvalue weighted by molar-refractivity contribution is -0.121. The van der Waals surface area contributed by atoms with Gasteiger partial charge in [-0.1, -0.05) is 18.2 Å². The van der Waals surface area contributed by atoms with Gasteiger partial charge >= 0.3 is 0 Å². The van der Waals surface area contributed by atoms with E-state index in [-0.39, 0.29) is 55.1 Å². The van der Waals surface area contributed by atoms with Gasteiger partial charge < -0.3 is 26.2 Å². The number of halogens is 1. The quantitative estimate of drug-likeness (QED) is 0.154. The molecule has 0 fully saturated rings. The summed E-state index contributed by atoms with van der Waals surface area (Å²) in [6.45, 7) is 1.54. The number of sulfonamides is 1. The van der Waals surface area contributed by atoms with Crippen LogP contribution in [0.2, 0.25) is 0 Å². The number of hydrogen-bond acceptors (Lipinski definition) is 6. The Kier molecular flexibility index (Phi) is 9.99. The third-order valence-corrected chi connectivity index (χ3v) is 5.25. The van der Waals surface area contributed by atoms with E-state index < -0.39 is 21.5 Å². The van der Waals surface area contributed by atoms with E-state index in [1.807, 2.05) is 0 Å². The number of amides is 1. The highest BCUT2D eigenvalue weighted by Gasteiger charge is 2.15. The van der Waals surface area contributed by atoms with Crippen molar-refractivity contribution < 1.29 is 18.0 Å². The van der Waals surface area contributed by atoms with E-state index >= 15 is 0 Å². The zero-order chi connectivity index (χ0) is 22.1. The number of nitrogens with zero attached hydrogens (tertiary/aromatic N) is 2. The fraction of sp³-hybridized carbons (Fsp3) is 0.278. The van der Waals surface area contributed by atoms with Crippen LogP contribution in [0.25, 0.3) is 0 Å². The highest BCUT2D eigenvalue weighted by Crippen LogP contribution is 2.11. The summed E-state index contributed by atoms with van der Waals surface area (Å²) in [5, 5.41) is 5.86. The van der Waals surface area contributed by atoms with E-state index in [2.05, 4.69) is 15.2 Å². The second-order valence-electron chi connectivity index (χ2n) is 6.31. The van der Waals surface area contributed by atoms with E-state index in [1.54, 1.807) is 25.1 Å². The molecule has 170 valence electrons. The lowest BCUT2D eigenvalue weighted by Crippen LogP contribution is -2.35. The lowest BCUT2D eigenvalue weighted by Gasteiger charge is -2.10. The number of aromatic nitrogens is 1. The minimum atomic E-state index is -3.78. The smallest absolute Gasteiger partial charge is 0.255 e. The molecule has 0 saturated carbocycles. The second kappa shape index (κ2) is 11.9. The number of rotatable bonds is 10. The first kappa shape index (κ1) is 25.9. The Hall–Kier alpha value is -3.09. The summed E-state index contributed by atoms with van der Waals surface area (Å²) in [4.78, 5) is 29.4. The van der Waals surface area contributed by atoms with Crippen LogP contribution >= 0.6 is 12.4 Å². The molecule has 0 radical (unpaired) electrons. The van der Waals surface area contributed by atoms with E-state index in [0.717, 1.165) is 5.56 Å². The van der Waals surface area contributed by atoms with Crippen LogP contribution in [0.15, 0.2) is 57.4 Å². The van der Waals surface area contributed by atoms with Gasteiger partial charge in [0.1, 0.15) is 13.2 Å². The molecule has 1 aromatic heterocycles. The summed E-state index contributed by atoms with van der Waals surface area (Å²) in [5.41, 5.74) is 10.7. The van der Waals surface area contributed by atoms with Crippen molar-refractivity contribution in [3.8, 4) is 0 Å². The predicted molar refractivity (Wildman–Crippen MR) is 118 cm³/mol. The van der Waals surface area contributed by atoms with Gasteiger partial charge in [-0.2, -0.15) is 0 Å². The molecule has 2 rings (SSSR count). The Morgan fingerprint density at radius 3 is 2.65 bits per heavy atom. The van der Waals surface area contributed by atoms with E-state index in [1.165, 1.54) is 29.0 Å². The summed E-state index contributed by atoms with van der Waals surface area (Å²) in [5.74, 6) is -0.661. The van der Waals surface area contributed by atoms with E-state index in [9.17, 15) is 18.0 Å². The van der Waals surface area contributed by atoms with Gasteiger partial charge in [-0.3, -0.25) is 9.59 Å². The number of nitrogens with one attached hydrogen (secondary N) is 2. The molecule has 31 heavy (non-hydrogen) atoms. The van der Waals surface area contributed by atoms with Gasteiger partial charge in [0, 0.05) is 18.3 Å². The Morgan fingerprint density at radius 1 is 1.23 bits per heavy atom. The van der Waals surface area contributed by atoms with Crippen molar-refractivity contribution in [1.82, 2.24) is 14.6 Å². The minimum absolute atomic E-state index is 0. The van der Waals surface area contributed by atoms with E-state index in [0.29, 0.717) is 0 Å². The minimum Gasteiger partial charge on any atom is -0.391 e. The third-order valence-electron chi connectivity index (χ3n) is 3.85. The number of carbonyl (C=O) groups is 1. The molecule has 6 N–H and O–H groups in total. The summed E-state index contributed by atoms with van der Waals surface area (Å²) in [7, 11) is -3.78. The molecule has 1 amide bonds. The van der Waals surface area contributed by atoms with Crippen molar-refractivity contribution in [2.45, 2.75) is 24.9 Å². The summed E-state index contributed by atoms with van der Waals surface area (Å²) < 4.78 is 28.4. The van der Waals surface area contributed by atoms with Gasteiger partial charge in [-0.15, -0.1) is 12.4 Å². The maximum absolute atomic E-state index is 12.5. The maximum atomic E-state index is 12.5. The van der Waals surface area contributed by atoms with Crippen LogP contribution in [0, 0.1) is 6.92 Å². The monoisotopic (exact) mass is 472 g/mol. The van der Waals surface area contributed by atoms with Gasteiger partial charge in [0.15, 0.2) is 0 Å². The molecular formula is C18H25ClN6O5S. The fourth-order valence-corrected chi connectivity index (χ4v) is 3.56. The lowest BCUT2D eigenvalue weighted by atomic mass is 10.2. The largest absolute Gasteiger partial charge is 0.391 e. The molecule has 0 saturated heterocycles. The SMILES string of the molecule is Cc1cccc(S(=O)(=O)NCc2cccn(CC(=O)NCCON=C(N)N)c2=O)c1.Cl. The first-order valence-electron chi connectivity index (χ1n) is 8.91. The Balaban J connectivity index is 0.00000480. The first-order chi connectivity index (χ1) is 14.2. The van der Waals surface area contributed by atoms with E-state index in [4.69, 9.17) is 16.3 Å². The Morgan fingerprint density at radius 2 is 1.97 bits per heavy atom. The van der Waals surface area contributed by atoms with Crippen LogP contribution in [-0.2, 0) is 32.7 Å². The third kappa shape index (κ3) is 8.28. The number of oxime groups is 1. The second-order valence-corrected chi connectivity index (χ2v) is 8.07. The predicted octanol–water partition coefficient (Wildman–Crippen LogP) is -0.622. The van der Waals surface area contributed by atoms with Crippen LogP contribution in [0.4, 0.5) is 0 Å². The number of hydrogen-bond donors (Lipinski definition) is 4. The zero-order valence-corrected chi connectivity index (χ0v) is 18.4. The highest BCUT2D eigenvalue weighted by molar-refractivity contribution is 7.89. The fourth-order valence-electron chi connectivity index (χ4n) is 2.45. The van der Waals surface area contributed by atoms with Gasteiger partial charge in [-0.05, 0) is 35.8 Å². The molecule has 0 aliphatic carbocycles. The number of aryl methyl sites for hydroxylation is 1. The average molecular weight is 473 g/mol. The highest BCUT2D eigenvalue weighted by atomic mass is 35.5. The van der Waals surface area contributed by atoms with Gasteiger partial charge in [-0.25, -0.2) is 13.1 Å². The molecule has 1 aromatic carbocycles. The maximum Gasteiger partial charge on any atom is 0.255 e. The molecular weight excluding hydrogens is 448 g/mol. The van der Waals surface area contributed by atoms with Crippen LogP contribution in [0.5, 0.6) is 0 Å². The molecule has 0 aliphatic heterocycles. The average Bonchev–Trinajstić information content (AvgIpc) is 2.68. The molecule has 0 bridgehead atoms. The molecule has 0 spiro atoms. The molecule has 0 atom stereocenters. The Bertz CT molecular complexity index is 1080. The van der Waals surface area contributed by atoms with Crippen molar-refractivity contribution in [2.24, 2.45) is 16.6 Å². The number of guanidine groups is 1. The summed E-state index contributed by atoms with van der Waals surface area (Å²) >= 11 is 0. The number of benzene rings is 1. The van der Waals surface area contributed by atoms with Crippen molar-refractivity contribution in [3.63, 3.8) is 0 Å². The molecule has 11 nitrogen and oxygen atoms in total. The molecule has 2 aromatic rings. The molecule has 1 heterocycles. The van der Waals surface area contributed by atoms with Crippen LogP contribution < -0.4 is 27.1 Å². The molecule has 13 heteroatoms. The summed E-state index contributed by atoms with van der Waals surface area (Å²) in [6, 6.07) is 9.49. The van der Waals surface area contributed by atoms with Crippen molar-refractivity contribution >= 4 is 34.3 Å². The van der Waals surface area contributed by atoms with Gasteiger partial charge in [0.2, 0.25) is 21.9 Å². The zero-order valence-electron chi connectivity index (χ0n) is 16.8. The summed E-state index contributed by atoms with van der Waals surface area (Å²) in [6.07, 6.45) is 1.44. The van der Waals surface area contributed by atoms with Crippen molar-refractivity contribution in [2.75, 3.05) is 13.2 Å². The Labute approximate surface area is 185 Å². The number of nitrogens with two attached hydrogens (primary N) is 2. The molecule has 0 unspecified atom stereocenters. The van der Waals surface area contributed by atoms with Crippen LogP contribution in [-0.4, -0.2) is 38.0 Å². The number of pyridine rings is 1.